The van der Waals surface area contributed by atoms with Gasteiger partial charge < -0.3 is 9.84 Å². The predicted octanol–water partition coefficient (Wildman–Crippen LogP) is 3.63. The van der Waals surface area contributed by atoms with Crippen molar-refractivity contribution in [2.24, 2.45) is 0 Å². The molecule has 0 atom stereocenters. The minimum Gasteiger partial charge on any atom is -0.356 e. The van der Waals surface area contributed by atoms with Crippen LogP contribution < -0.4 is 5.32 Å². The van der Waals surface area contributed by atoms with Crippen LogP contribution in [-0.2, 0) is 11.2 Å². The molecule has 4 heteroatoms. The van der Waals surface area contributed by atoms with Crippen LogP contribution >= 0.6 is 0 Å². The third-order valence-corrected chi connectivity index (χ3v) is 3.36. The molecule has 0 spiro atoms. The molecule has 21 heavy (non-hydrogen) atoms. The summed E-state index contributed by atoms with van der Waals surface area (Å²) in [7, 11) is 0. The zero-order chi connectivity index (χ0) is 14.8. The number of carbonyl (C=O) groups excluding carboxylic acids is 1. The highest BCUT2D eigenvalue weighted by atomic mass is 16.5. The number of rotatable bonds is 3. The maximum atomic E-state index is 12.1. The topological polar surface area (TPSA) is 55.1 Å². The molecule has 4 nitrogen and oxygen atoms in total. The SMILES string of the molecule is Cc1ccc(NC(=O)Cc2noc3ccc(C)cc23)cc1. The van der Waals surface area contributed by atoms with Gasteiger partial charge in [0.1, 0.15) is 5.69 Å². The summed E-state index contributed by atoms with van der Waals surface area (Å²) in [6.45, 7) is 4.01. The molecule has 0 fully saturated rings. The minimum absolute atomic E-state index is 0.101. The first-order chi connectivity index (χ1) is 10.1. The molecular formula is C17H16N2O2. The Labute approximate surface area is 122 Å². The highest BCUT2D eigenvalue weighted by Gasteiger charge is 2.12. The molecule has 1 aromatic heterocycles. The summed E-state index contributed by atoms with van der Waals surface area (Å²) in [4.78, 5) is 12.1. The first-order valence-corrected chi connectivity index (χ1v) is 6.83. The Morgan fingerprint density at radius 1 is 1.10 bits per heavy atom. The Morgan fingerprint density at radius 2 is 1.81 bits per heavy atom. The Hall–Kier alpha value is -2.62. The van der Waals surface area contributed by atoms with Crippen molar-refractivity contribution in [1.82, 2.24) is 5.16 Å². The molecule has 0 unspecified atom stereocenters. The number of amides is 1. The van der Waals surface area contributed by atoms with E-state index in [1.54, 1.807) is 0 Å². The van der Waals surface area contributed by atoms with Gasteiger partial charge in [-0.2, -0.15) is 0 Å². The number of aromatic nitrogens is 1. The Bertz CT molecular complexity index is 788. The first kappa shape index (κ1) is 13.4. The van der Waals surface area contributed by atoms with Crippen molar-refractivity contribution < 1.29 is 9.32 Å². The average molecular weight is 280 g/mol. The van der Waals surface area contributed by atoms with E-state index in [2.05, 4.69) is 10.5 Å². The van der Waals surface area contributed by atoms with E-state index in [0.29, 0.717) is 11.3 Å². The molecule has 0 aliphatic heterocycles. The van der Waals surface area contributed by atoms with Crippen LogP contribution in [0.1, 0.15) is 16.8 Å². The number of hydrogen-bond donors (Lipinski definition) is 1. The molecule has 3 rings (SSSR count). The molecule has 0 bridgehead atoms. The van der Waals surface area contributed by atoms with Crippen molar-refractivity contribution in [2.45, 2.75) is 20.3 Å². The average Bonchev–Trinajstić information content (AvgIpc) is 2.84. The molecule has 0 aliphatic carbocycles. The van der Waals surface area contributed by atoms with Crippen LogP contribution in [0.4, 0.5) is 5.69 Å². The summed E-state index contributed by atoms with van der Waals surface area (Å²) in [5.74, 6) is -0.101. The van der Waals surface area contributed by atoms with Crippen LogP contribution in [0.2, 0.25) is 0 Å². The minimum atomic E-state index is -0.101. The van der Waals surface area contributed by atoms with Crippen molar-refractivity contribution in [2.75, 3.05) is 5.32 Å². The van der Waals surface area contributed by atoms with Gasteiger partial charge in [0.05, 0.1) is 6.42 Å². The summed E-state index contributed by atoms with van der Waals surface area (Å²) >= 11 is 0. The molecule has 1 amide bonds. The highest BCUT2D eigenvalue weighted by Crippen LogP contribution is 2.20. The first-order valence-electron chi connectivity index (χ1n) is 6.83. The number of nitrogens with zero attached hydrogens (tertiary/aromatic N) is 1. The normalized spacial score (nSPS) is 10.8. The summed E-state index contributed by atoms with van der Waals surface area (Å²) < 4.78 is 5.24. The summed E-state index contributed by atoms with van der Waals surface area (Å²) in [5, 5.41) is 7.76. The van der Waals surface area contributed by atoms with E-state index in [1.165, 1.54) is 0 Å². The van der Waals surface area contributed by atoms with E-state index in [4.69, 9.17) is 4.52 Å². The van der Waals surface area contributed by atoms with Gasteiger partial charge in [0.2, 0.25) is 5.91 Å². The molecule has 3 aromatic rings. The molecule has 0 radical (unpaired) electrons. The second-order valence-corrected chi connectivity index (χ2v) is 5.22. The van der Waals surface area contributed by atoms with Gasteiger partial charge in [0.15, 0.2) is 5.58 Å². The molecular weight excluding hydrogens is 264 g/mol. The lowest BCUT2D eigenvalue weighted by Crippen LogP contribution is -2.14. The van der Waals surface area contributed by atoms with Crippen LogP contribution in [0.25, 0.3) is 11.0 Å². The van der Waals surface area contributed by atoms with E-state index in [0.717, 1.165) is 22.2 Å². The Kier molecular flexibility index (Phi) is 3.44. The van der Waals surface area contributed by atoms with Crippen molar-refractivity contribution in [3.8, 4) is 0 Å². The monoisotopic (exact) mass is 280 g/mol. The predicted molar refractivity (Wildman–Crippen MR) is 82.3 cm³/mol. The number of carbonyl (C=O) groups is 1. The highest BCUT2D eigenvalue weighted by molar-refractivity contribution is 5.94. The second-order valence-electron chi connectivity index (χ2n) is 5.22. The van der Waals surface area contributed by atoms with Gasteiger partial charge in [-0.1, -0.05) is 34.5 Å². The maximum absolute atomic E-state index is 12.1. The number of anilines is 1. The summed E-state index contributed by atoms with van der Waals surface area (Å²) in [6.07, 6.45) is 0.199. The summed E-state index contributed by atoms with van der Waals surface area (Å²) in [6, 6.07) is 13.5. The number of aryl methyl sites for hydroxylation is 2. The van der Waals surface area contributed by atoms with Crippen molar-refractivity contribution >= 4 is 22.6 Å². The molecule has 0 saturated heterocycles. The van der Waals surface area contributed by atoms with Crippen LogP contribution in [0, 0.1) is 13.8 Å². The maximum Gasteiger partial charge on any atom is 0.230 e. The lowest BCUT2D eigenvalue weighted by Gasteiger charge is -2.04. The van der Waals surface area contributed by atoms with Crippen LogP contribution in [0.15, 0.2) is 47.0 Å². The standard InChI is InChI=1S/C17H16N2O2/c1-11-3-6-13(7-4-11)18-17(20)10-15-14-9-12(2)5-8-16(14)21-19-15/h3-9H,10H2,1-2H3,(H,18,20). The third kappa shape index (κ3) is 2.94. The molecule has 1 N–H and O–H groups in total. The summed E-state index contributed by atoms with van der Waals surface area (Å²) in [5.41, 5.74) is 4.43. The quantitative estimate of drug-likeness (QED) is 0.797. The van der Waals surface area contributed by atoms with E-state index in [1.807, 2.05) is 56.3 Å². The number of hydrogen-bond acceptors (Lipinski definition) is 3. The number of benzene rings is 2. The fourth-order valence-corrected chi connectivity index (χ4v) is 2.22. The largest absolute Gasteiger partial charge is 0.356 e. The fraction of sp³-hybridized carbons (Fsp3) is 0.176. The van der Waals surface area contributed by atoms with Gasteiger partial charge in [-0.15, -0.1) is 0 Å². The van der Waals surface area contributed by atoms with E-state index in [9.17, 15) is 4.79 Å². The molecule has 106 valence electrons. The lowest BCUT2D eigenvalue weighted by molar-refractivity contribution is -0.115. The van der Waals surface area contributed by atoms with Crippen LogP contribution in [0.5, 0.6) is 0 Å². The van der Waals surface area contributed by atoms with Crippen molar-refractivity contribution in [1.29, 1.82) is 0 Å². The lowest BCUT2D eigenvalue weighted by atomic mass is 10.1. The van der Waals surface area contributed by atoms with Gasteiger partial charge in [-0.3, -0.25) is 4.79 Å². The smallest absolute Gasteiger partial charge is 0.230 e. The van der Waals surface area contributed by atoms with E-state index in [-0.39, 0.29) is 12.3 Å². The third-order valence-electron chi connectivity index (χ3n) is 3.36. The molecule has 0 saturated carbocycles. The zero-order valence-electron chi connectivity index (χ0n) is 12.0. The molecule has 1 heterocycles. The Balaban J connectivity index is 1.77. The number of fused-ring (bicyclic) bond motifs is 1. The van der Waals surface area contributed by atoms with Gasteiger partial charge in [-0.05, 0) is 38.1 Å². The molecule has 2 aromatic carbocycles. The zero-order valence-corrected chi connectivity index (χ0v) is 12.0. The van der Waals surface area contributed by atoms with Crippen molar-refractivity contribution in [3.63, 3.8) is 0 Å². The van der Waals surface area contributed by atoms with Crippen molar-refractivity contribution in [3.05, 3.63) is 59.3 Å². The van der Waals surface area contributed by atoms with E-state index < -0.39 is 0 Å². The van der Waals surface area contributed by atoms with Gasteiger partial charge in [0.25, 0.3) is 0 Å². The van der Waals surface area contributed by atoms with Gasteiger partial charge in [0, 0.05) is 11.1 Å². The van der Waals surface area contributed by atoms with Crippen LogP contribution in [-0.4, -0.2) is 11.1 Å². The Morgan fingerprint density at radius 3 is 2.57 bits per heavy atom. The van der Waals surface area contributed by atoms with E-state index >= 15 is 0 Å². The van der Waals surface area contributed by atoms with Gasteiger partial charge in [-0.25, -0.2) is 0 Å². The second kappa shape index (κ2) is 5.40. The fourth-order valence-electron chi connectivity index (χ4n) is 2.22. The van der Waals surface area contributed by atoms with Crippen LogP contribution in [0.3, 0.4) is 0 Å². The molecule has 0 aliphatic rings. The number of nitrogens with one attached hydrogen (secondary N) is 1. The van der Waals surface area contributed by atoms with Gasteiger partial charge >= 0.3 is 0 Å².